The zero-order valence-electron chi connectivity index (χ0n) is 13.7. The monoisotopic (exact) mass is 352 g/mol. The van der Waals surface area contributed by atoms with E-state index >= 15 is 0 Å². The van der Waals surface area contributed by atoms with Gasteiger partial charge in [0.05, 0.1) is 13.7 Å². The van der Waals surface area contributed by atoms with Gasteiger partial charge in [0.15, 0.2) is 0 Å². The standard InChI is InChI=1S/C20H17ClN2O2/c1-25-18-10-8-15(9-11-18)14-23(19-7-2-3-12-22-19)20(24)16-5-4-6-17(21)13-16/h2-13H,14H2,1H3. The van der Waals surface area contributed by atoms with Crippen molar-refractivity contribution in [1.29, 1.82) is 0 Å². The molecule has 126 valence electrons. The van der Waals surface area contributed by atoms with Crippen LogP contribution in [0, 0.1) is 0 Å². The van der Waals surface area contributed by atoms with Gasteiger partial charge in [0, 0.05) is 16.8 Å². The summed E-state index contributed by atoms with van der Waals surface area (Å²) in [5.41, 5.74) is 1.49. The van der Waals surface area contributed by atoms with Crippen molar-refractivity contribution in [3.05, 3.63) is 89.1 Å². The molecule has 0 radical (unpaired) electrons. The highest BCUT2D eigenvalue weighted by Crippen LogP contribution is 2.21. The molecule has 0 unspecified atom stereocenters. The normalized spacial score (nSPS) is 10.3. The summed E-state index contributed by atoms with van der Waals surface area (Å²) >= 11 is 6.03. The van der Waals surface area contributed by atoms with Gasteiger partial charge in [-0.3, -0.25) is 9.69 Å². The lowest BCUT2D eigenvalue weighted by molar-refractivity contribution is 0.0984. The van der Waals surface area contributed by atoms with Crippen LogP contribution >= 0.6 is 11.6 Å². The maximum atomic E-state index is 13.0. The largest absolute Gasteiger partial charge is 0.497 e. The number of carbonyl (C=O) groups is 1. The number of amides is 1. The van der Waals surface area contributed by atoms with E-state index in [0.717, 1.165) is 11.3 Å². The van der Waals surface area contributed by atoms with E-state index in [2.05, 4.69) is 4.98 Å². The molecule has 5 heteroatoms. The fourth-order valence-electron chi connectivity index (χ4n) is 2.46. The molecule has 0 fully saturated rings. The van der Waals surface area contributed by atoms with Crippen LogP contribution in [0.2, 0.25) is 5.02 Å². The number of aromatic nitrogens is 1. The van der Waals surface area contributed by atoms with Crippen LogP contribution in [0.15, 0.2) is 72.9 Å². The maximum absolute atomic E-state index is 13.0. The Kier molecular flexibility index (Phi) is 5.31. The van der Waals surface area contributed by atoms with Gasteiger partial charge in [-0.25, -0.2) is 4.98 Å². The Morgan fingerprint density at radius 1 is 1.08 bits per heavy atom. The summed E-state index contributed by atoms with van der Waals surface area (Å²) in [4.78, 5) is 19.0. The number of hydrogen-bond acceptors (Lipinski definition) is 3. The summed E-state index contributed by atoms with van der Waals surface area (Å²) in [7, 11) is 1.62. The number of methoxy groups -OCH3 is 1. The molecule has 0 aliphatic rings. The zero-order valence-corrected chi connectivity index (χ0v) is 14.5. The van der Waals surface area contributed by atoms with Gasteiger partial charge in [-0.05, 0) is 48.0 Å². The molecule has 1 aromatic heterocycles. The highest BCUT2D eigenvalue weighted by atomic mass is 35.5. The topological polar surface area (TPSA) is 42.4 Å². The van der Waals surface area contributed by atoms with Crippen LogP contribution in [-0.2, 0) is 6.54 Å². The lowest BCUT2D eigenvalue weighted by atomic mass is 10.1. The SMILES string of the molecule is COc1ccc(CN(C(=O)c2cccc(Cl)c2)c2ccccn2)cc1. The molecule has 1 amide bonds. The van der Waals surface area contributed by atoms with Crippen LogP contribution in [0.3, 0.4) is 0 Å². The first-order valence-corrected chi connectivity index (χ1v) is 8.16. The minimum Gasteiger partial charge on any atom is -0.497 e. The lowest BCUT2D eigenvalue weighted by Gasteiger charge is -2.22. The Balaban J connectivity index is 1.93. The molecule has 0 atom stereocenters. The highest BCUT2D eigenvalue weighted by molar-refractivity contribution is 6.31. The summed E-state index contributed by atoms with van der Waals surface area (Å²) in [6.07, 6.45) is 1.67. The molecule has 25 heavy (non-hydrogen) atoms. The lowest BCUT2D eigenvalue weighted by Crippen LogP contribution is -2.31. The van der Waals surface area contributed by atoms with Crippen molar-refractivity contribution in [2.75, 3.05) is 12.0 Å². The van der Waals surface area contributed by atoms with Gasteiger partial charge >= 0.3 is 0 Å². The first-order valence-electron chi connectivity index (χ1n) is 7.79. The van der Waals surface area contributed by atoms with Crippen molar-refractivity contribution < 1.29 is 9.53 Å². The number of pyridine rings is 1. The van der Waals surface area contributed by atoms with Crippen LogP contribution in [0.1, 0.15) is 15.9 Å². The predicted molar refractivity (Wildman–Crippen MR) is 99.2 cm³/mol. The molecular formula is C20H17ClN2O2. The van der Waals surface area contributed by atoms with E-state index < -0.39 is 0 Å². The molecular weight excluding hydrogens is 336 g/mol. The maximum Gasteiger partial charge on any atom is 0.259 e. The van der Waals surface area contributed by atoms with Gasteiger partial charge in [-0.2, -0.15) is 0 Å². The minimum atomic E-state index is -0.156. The second kappa shape index (κ2) is 7.81. The molecule has 2 aromatic carbocycles. The zero-order chi connectivity index (χ0) is 17.6. The first kappa shape index (κ1) is 17.0. The van der Waals surface area contributed by atoms with E-state index in [1.807, 2.05) is 42.5 Å². The van der Waals surface area contributed by atoms with Gasteiger partial charge in [-0.1, -0.05) is 35.9 Å². The molecule has 0 spiro atoms. The van der Waals surface area contributed by atoms with Gasteiger partial charge in [0.2, 0.25) is 0 Å². The summed E-state index contributed by atoms with van der Waals surface area (Å²) in [5, 5.41) is 0.524. The van der Waals surface area contributed by atoms with Crippen molar-refractivity contribution in [2.45, 2.75) is 6.54 Å². The molecule has 0 bridgehead atoms. The smallest absolute Gasteiger partial charge is 0.259 e. The first-order chi connectivity index (χ1) is 12.2. The van der Waals surface area contributed by atoms with Crippen LogP contribution < -0.4 is 9.64 Å². The summed E-state index contributed by atoms with van der Waals surface area (Å²) in [6, 6.07) is 20.0. The molecule has 1 heterocycles. The van der Waals surface area contributed by atoms with Crippen molar-refractivity contribution in [1.82, 2.24) is 4.98 Å². The van der Waals surface area contributed by atoms with Crippen LogP contribution in [-0.4, -0.2) is 18.0 Å². The Morgan fingerprint density at radius 2 is 1.88 bits per heavy atom. The van der Waals surface area contributed by atoms with Gasteiger partial charge in [0.25, 0.3) is 5.91 Å². The van der Waals surface area contributed by atoms with Crippen LogP contribution in [0.4, 0.5) is 5.82 Å². The predicted octanol–water partition coefficient (Wildman–Crippen LogP) is 4.59. The van der Waals surface area contributed by atoms with Gasteiger partial charge in [0.1, 0.15) is 11.6 Å². The molecule has 0 saturated carbocycles. The Bertz CT molecular complexity index is 851. The third kappa shape index (κ3) is 4.17. The second-order valence-electron chi connectivity index (χ2n) is 5.44. The molecule has 3 rings (SSSR count). The minimum absolute atomic E-state index is 0.156. The van der Waals surface area contributed by atoms with Crippen molar-refractivity contribution in [2.24, 2.45) is 0 Å². The van der Waals surface area contributed by atoms with E-state index in [4.69, 9.17) is 16.3 Å². The molecule has 0 aliphatic carbocycles. The van der Waals surface area contributed by atoms with E-state index in [9.17, 15) is 4.79 Å². The van der Waals surface area contributed by atoms with Crippen LogP contribution in [0.25, 0.3) is 0 Å². The number of nitrogens with zero attached hydrogens (tertiary/aromatic N) is 2. The number of carbonyl (C=O) groups excluding carboxylic acids is 1. The van der Waals surface area contributed by atoms with E-state index in [0.29, 0.717) is 22.9 Å². The Hall–Kier alpha value is -2.85. The van der Waals surface area contributed by atoms with E-state index in [-0.39, 0.29) is 5.91 Å². The van der Waals surface area contributed by atoms with E-state index in [1.54, 1.807) is 42.5 Å². The molecule has 0 N–H and O–H groups in total. The van der Waals surface area contributed by atoms with Gasteiger partial charge in [-0.15, -0.1) is 0 Å². The number of anilines is 1. The fourth-order valence-corrected chi connectivity index (χ4v) is 2.65. The number of benzene rings is 2. The summed E-state index contributed by atoms with van der Waals surface area (Å²) < 4.78 is 5.18. The summed E-state index contributed by atoms with van der Waals surface area (Å²) in [6.45, 7) is 0.395. The summed E-state index contributed by atoms with van der Waals surface area (Å²) in [5.74, 6) is 1.20. The number of ether oxygens (including phenoxy) is 1. The van der Waals surface area contributed by atoms with Crippen molar-refractivity contribution in [3.63, 3.8) is 0 Å². The van der Waals surface area contributed by atoms with Crippen molar-refractivity contribution in [3.8, 4) is 5.75 Å². The average Bonchev–Trinajstić information content (AvgIpc) is 2.67. The Labute approximate surface area is 151 Å². The fraction of sp³-hybridized carbons (Fsp3) is 0.100. The van der Waals surface area contributed by atoms with Crippen molar-refractivity contribution >= 4 is 23.3 Å². The number of rotatable bonds is 5. The van der Waals surface area contributed by atoms with Gasteiger partial charge < -0.3 is 4.74 Å². The quantitative estimate of drug-likeness (QED) is 0.674. The number of hydrogen-bond donors (Lipinski definition) is 0. The third-order valence-electron chi connectivity index (χ3n) is 3.74. The Morgan fingerprint density at radius 3 is 2.52 bits per heavy atom. The molecule has 4 nitrogen and oxygen atoms in total. The average molecular weight is 353 g/mol. The second-order valence-corrected chi connectivity index (χ2v) is 5.87. The third-order valence-corrected chi connectivity index (χ3v) is 3.98. The van der Waals surface area contributed by atoms with E-state index in [1.165, 1.54) is 0 Å². The highest BCUT2D eigenvalue weighted by Gasteiger charge is 2.19. The molecule has 3 aromatic rings. The molecule has 0 saturated heterocycles. The van der Waals surface area contributed by atoms with Crippen LogP contribution in [0.5, 0.6) is 5.75 Å². The number of halogens is 1. The molecule has 0 aliphatic heterocycles.